The van der Waals surface area contributed by atoms with E-state index in [1.54, 1.807) is 12.1 Å². The van der Waals surface area contributed by atoms with Crippen molar-refractivity contribution in [3.63, 3.8) is 0 Å². The van der Waals surface area contributed by atoms with Crippen LogP contribution in [0.5, 0.6) is 0 Å². The smallest absolute Gasteiger partial charge is 0.272 e. The van der Waals surface area contributed by atoms with Crippen molar-refractivity contribution < 1.29 is 4.79 Å². The fourth-order valence-corrected chi connectivity index (χ4v) is 2.35. The molecule has 0 saturated carbocycles. The van der Waals surface area contributed by atoms with E-state index < -0.39 is 0 Å². The molecule has 0 bridgehead atoms. The lowest BCUT2D eigenvalue weighted by Crippen LogP contribution is -2.17. The zero-order valence-electron chi connectivity index (χ0n) is 10.7. The summed E-state index contributed by atoms with van der Waals surface area (Å²) in [4.78, 5) is 12.3. The van der Waals surface area contributed by atoms with Crippen LogP contribution in [0.3, 0.4) is 0 Å². The fraction of sp³-hybridized carbons (Fsp3) is 0.214. The van der Waals surface area contributed by atoms with Gasteiger partial charge in [-0.15, -0.1) is 0 Å². The van der Waals surface area contributed by atoms with Gasteiger partial charge in [0.1, 0.15) is 5.69 Å². The molecule has 0 saturated heterocycles. The van der Waals surface area contributed by atoms with Gasteiger partial charge < -0.3 is 15.6 Å². The van der Waals surface area contributed by atoms with Crippen LogP contribution in [0, 0.1) is 0 Å². The minimum absolute atomic E-state index is 0.156. The maximum Gasteiger partial charge on any atom is 0.272 e. The lowest BCUT2D eigenvalue weighted by Gasteiger charge is -2.10. The minimum Gasteiger partial charge on any atom is -0.397 e. The molecule has 1 amide bonds. The summed E-state index contributed by atoms with van der Waals surface area (Å²) in [6.07, 6.45) is 2.88. The Bertz CT molecular complexity index is 592. The van der Waals surface area contributed by atoms with E-state index in [1.165, 1.54) is 0 Å². The quantitative estimate of drug-likeness (QED) is 0.847. The van der Waals surface area contributed by atoms with Gasteiger partial charge in [0.25, 0.3) is 5.91 Å². The van der Waals surface area contributed by atoms with Gasteiger partial charge in [0.05, 0.1) is 11.4 Å². The Labute approximate surface area is 120 Å². The first-order valence-electron chi connectivity index (χ1n) is 6.13. The fourth-order valence-electron chi connectivity index (χ4n) is 1.89. The Morgan fingerprint density at radius 3 is 2.84 bits per heavy atom. The number of nitrogens with one attached hydrogen (secondary N) is 1. The maximum absolute atomic E-state index is 12.3. The molecule has 19 heavy (non-hydrogen) atoms. The number of nitrogens with zero attached hydrogens (tertiary/aromatic N) is 1. The van der Waals surface area contributed by atoms with Crippen LogP contribution in [-0.2, 0) is 6.54 Å². The van der Waals surface area contributed by atoms with Crippen molar-refractivity contribution in [2.24, 2.45) is 0 Å². The van der Waals surface area contributed by atoms with Gasteiger partial charge in [-0.2, -0.15) is 0 Å². The Morgan fingerprint density at radius 1 is 1.42 bits per heavy atom. The molecule has 1 heterocycles. The number of hydrogen-bond acceptors (Lipinski definition) is 2. The molecule has 0 atom stereocenters. The normalized spacial score (nSPS) is 10.4. The lowest BCUT2D eigenvalue weighted by atomic mass is 10.2. The predicted octanol–water partition coefficient (Wildman–Crippen LogP) is 3.50. The second kappa shape index (κ2) is 5.93. The molecule has 100 valence electrons. The van der Waals surface area contributed by atoms with Crippen molar-refractivity contribution in [3.05, 3.63) is 46.7 Å². The van der Waals surface area contributed by atoms with E-state index in [1.807, 2.05) is 29.0 Å². The summed E-state index contributed by atoms with van der Waals surface area (Å²) in [5.41, 5.74) is 7.63. The van der Waals surface area contributed by atoms with E-state index in [2.05, 4.69) is 28.2 Å². The molecule has 4 nitrogen and oxygen atoms in total. The van der Waals surface area contributed by atoms with Crippen molar-refractivity contribution >= 4 is 33.2 Å². The number of hydrogen-bond donors (Lipinski definition) is 2. The molecule has 0 aliphatic carbocycles. The monoisotopic (exact) mass is 321 g/mol. The molecule has 0 aliphatic heterocycles. The molecule has 0 unspecified atom stereocenters. The van der Waals surface area contributed by atoms with E-state index in [0.717, 1.165) is 17.4 Å². The Balaban J connectivity index is 2.23. The molecule has 0 radical (unpaired) electrons. The molecule has 1 aromatic heterocycles. The molecule has 2 rings (SSSR count). The highest BCUT2D eigenvalue weighted by molar-refractivity contribution is 9.10. The number of benzene rings is 1. The number of aromatic nitrogens is 1. The van der Waals surface area contributed by atoms with Crippen molar-refractivity contribution in [2.75, 3.05) is 11.1 Å². The van der Waals surface area contributed by atoms with Crippen molar-refractivity contribution in [1.82, 2.24) is 4.57 Å². The molecule has 3 N–H and O–H groups in total. The van der Waals surface area contributed by atoms with Gasteiger partial charge in [-0.25, -0.2) is 0 Å². The Kier molecular flexibility index (Phi) is 4.27. The minimum atomic E-state index is -0.156. The summed E-state index contributed by atoms with van der Waals surface area (Å²) in [5.74, 6) is -0.156. The van der Waals surface area contributed by atoms with Gasteiger partial charge in [0.2, 0.25) is 0 Å². The third-order valence-corrected chi connectivity index (χ3v) is 3.20. The van der Waals surface area contributed by atoms with E-state index in [0.29, 0.717) is 17.1 Å². The van der Waals surface area contributed by atoms with Gasteiger partial charge in [-0.3, -0.25) is 4.79 Å². The SMILES string of the molecule is CCCn1cc(Br)cc1C(=O)Nc1ccccc1N. The highest BCUT2D eigenvalue weighted by Crippen LogP contribution is 2.20. The molecular weight excluding hydrogens is 306 g/mol. The third-order valence-electron chi connectivity index (χ3n) is 2.77. The number of carbonyl (C=O) groups is 1. The van der Waals surface area contributed by atoms with E-state index in [4.69, 9.17) is 5.73 Å². The summed E-state index contributed by atoms with van der Waals surface area (Å²) in [7, 11) is 0. The van der Waals surface area contributed by atoms with Crippen LogP contribution in [0.4, 0.5) is 11.4 Å². The van der Waals surface area contributed by atoms with Gasteiger partial charge >= 0.3 is 0 Å². The number of amides is 1. The van der Waals surface area contributed by atoms with Crippen LogP contribution in [0.15, 0.2) is 41.0 Å². The second-order valence-corrected chi connectivity index (χ2v) is 5.19. The molecule has 2 aromatic rings. The van der Waals surface area contributed by atoms with Gasteiger partial charge in [0.15, 0.2) is 0 Å². The number of rotatable bonds is 4. The lowest BCUT2D eigenvalue weighted by molar-refractivity contribution is 0.101. The van der Waals surface area contributed by atoms with Crippen LogP contribution in [0.2, 0.25) is 0 Å². The molecule has 5 heteroatoms. The highest BCUT2D eigenvalue weighted by Gasteiger charge is 2.13. The maximum atomic E-state index is 12.3. The molecule has 1 aromatic carbocycles. The van der Waals surface area contributed by atoms with Crippen molar-refractivity contribution in [2.45, 2.75) is 19.9 Å². The first kappa shape index (κ1) is 13.7. The van der Waals surface area contributed by atoms with Crippen LogP contribution in [0.1, 0.15) is 23.8 Å². The average molecular weight is 322 g/mol. The highest BCUT2D eigenvalue weighted by atomic mass is 79.9. The molecule has 0 spiro atoms. The third kappa shape index (κ3) is 3.17. The zero-order chi connectivity index (χ0) is 13.8. The summed E-state index contributed by atoms with van der Waals surface area (Å²) >= 11 is 3.40. The van der Waals surface area contributed by atoms with Crippen molar-refractivity contribution in [3.8, 4) is 0 Å². The summed E-state index contributed by atoms with van der Waals surface area (Å²) in [6.45, 7) is 2.88. The van der Waals surface area contributed by atoms with Crippen LogP contribution in [0.25, 0.3) is 0 Å². The number of nitrogen functional groups attached to an aromatic ring is 1. The van der Waals surface area contributed by atoms with Crippen LogP contribution >= 0.6 is 15.9 Å². The molecule has 0 aliphatic rings. The summed E-state index contributed by atoms with van der Waals surface area (Å²) < 4.78 is 2.82. The van der Waals surface area contributed by atoms with E-state index in [9.17, 15) is 4.79 Å². The van der Waals surface area contributed by atoms with Crippen LogP contribution < -0.4 is 11.1 Å². The average Bonchev–Trinajstić information content (AvgIpc) is 2.74. The largest absolute Gasteiger partial charge is 0.397 e. The number of aryl methyl sites for hydroxylation is 1. The predicted molar refractivity (Wildman–Crippen MR) is 81.2 cm³/mol. The molecule has 0 fully saturated rings. The first-order valence-corrected chi connectivity index (χ1v) is 6.92. The molecular formula is C14H16BrN3O. The van der Waals surface area contributed by atoms with Crippen LogP contribution in [-0.4, -0.2) is 10.5 Å². The summed E-state index contributed by atoms with van der Waals surface area (Å²) in [6, 6.07) is 9.03. The number of para-hydroxylation sites is 2. The second-order valence-electron chi connectivity index (χ2n) is 4.28. The first-order chi connectivity index (χ1) is 9.11. The van der Waals surface area contributed by atoms with E-state index >= 15 is 0 Å². The van der Waals surface area contributed by atoms with Gasteiger partial charge in [0, 0.05) is 17.2 Å². The zero-order valence-corrected chi connectivity index (χ0v) is 12.3. The number of carbonyl (C=O) groups excluding carboxylic acids is 1. The van der Waals surface area contributed by atoms with E-state index in [-0.39, 0.29) is 5.91 Å². The number of halogens is 1. The van der Waals surface area contributed by atoms with Gasteiger partial charge in [-0.1, -0.05) is 19.1 Å². The topological polar surface area (TPSA) is 60.0 Å². The summed E-state index contributed by atoms with van der Waals surface area (Å²) in [5, 5.41) is 2.83. The Morgan fingerprint density at radius 2 is 2.16 bits per heavy atom. The van der Waals surface area contributed by atoms with Gasteiger partial charge in [-0.05, 0) is 40.5 Å². The Hall–Kier alpha value is -1.75. The standard InChI is InChI=1S/C14H16BrN3O/c1-2-7-18-9-10(15)8-13(18)14(19)17-12-6-4-3-5-11(12)16/h3-6,8-9H,2,7,16H2,1H3,(H,17,19). The number of anilines is 2. The van der Waals surface area contributed by atoms with Crippen molar-refractivity contribution in [1.29, 1.82) is 0 Å². The number of nitrogens with two attached hydrogens (primary N) is 1.